The van der Waals surface area contributed by atoms with E-state index in [0.29, 0.717) is 19.3 Å². The van der Waals surface area contributed by atoms with Crippen molar-refractivity contribution < 1.29 is 20.1 Å². The standard InChI is InChI=1S/C40H56O4/c1-28(17-13-18-30(3)21-22-35-37(5,6)24-32(41)26-39(35,9)43)15-11-12-16-29(2)19-14-20-31(4)34-23-36-38(7,8)25-33(42)27-40(36,10)44-34/h11-21,23,32-34,41-43H,24-27H2,1-10H3/b12-11+,17-13+,19-14+,28-15+,29-16+,30-18+,31-20+/t22?,32-,33-,34-,39+,40+/m0/s1. The minimum atomic E-state index is -1.05. The van der Waals surface area contributed by atoms with E-state index < -0.39 is 17.3 Å². The number of rotatable bonds is 8. The van der Waals surface area contributed by atoms with Crippen molar-refractivity contribution in [3.63, 3.8) is 0 Å². The van der Waals surface area contributed by atoms with Gasteiger partial charge in [0.1, 0.15) is 0 Å². The van der Waals surface area contributed by atoms with E-state index in [9.17, 15) is 15.3 Å². The fraction of sp³-hybridized carbons (Fsp3) is 0.525. The molecule has 5 atom stereocenters. The summed E-state index contributed by atoms with van der Waals surface area (Å²) in [5, 5.41) is 31.4. The highest BCUT2D eigenvalue weighted by atomic mass is 16.5. The van der Waals surface area contributed by atoms with Gasteiger partial charge in [0.05, 0.1) is 29.5 Å². The quantitative estimate of drug-likeness (QED) is 0.148. The van der Waals surface area contributed by atoms with Crippen LogP contribution in [0.1, 0.15) is 94.9 Å². The predicted molar refractivity (Wildman–Crippen MR) is 184 cm³/mol. The first-order valence-electron chi connectivity index (χ1n) is 16.0. The van der Waals surface area contributed by atoms with Gasteiger partial charge in [-0.15, -0.1) is 5.73 Å². The molecular formula is C40H56O4. The first-order valence-corrected chi connectivity index (χ1v) is 16.0. The van der Waals surface area contributed by atoms with Crippen molar-refractivity contribution in [2.45, 2.75) is 124 Å². The van der Waals surface area contributed by atoms with Crippen LogP contribution in [0.2, 0.25) is 0 Å². The molecule has 0 unspecified atom stereocenters. The van der Waals surface area contributed by atoms with E-state index in [1.165, 1.54) is 5.57 Å². The van der Waals surface area contributed by atoms with Crippen LogP contribution in [0.5, 0.6) is 0 Å². The summed E-state index contributed by atoms with van der Waals surface area (Å²) in [5.74, 6) is 0. The number of fused-ring (bicyclic) bond motifs is 1. The third-order valence-corrected chi connectivity index (χ3v) is 9.13. The Labute approximate surface area is 267 Å². The Morgan fingerprint density at radius 3 is 1.84 bits per heavy atom. The summed E-state index contributed by atoms with van der Waals surface area (Å²) in [6, 6.07) is 0. The molecule has 2 saturated carbocycles. The normalized spacial score (nSPS) is 33.2. The molecule has 0 bridgehead atoms. The van der Waals surface area contributed by atoms with Gasteiger partial charge in [0, 0.05) is 18.4 Å². The topological polar surface area (TPSA) is 69.9 Å². The molecule has 0 spiro atoms. The Morgan fingerprint density at radius 1 is 0.727 bits per heavy atom. The summed E-state index contributed by atoms with van der Waals surface area (Å²) in [6.07, 6.45) is 26.4. The molecule has 4 heteroatoms. The highest BCUT2D eigenvalue weighted by Gasteiger charge is 2.50. The number of aliphatic hydroxyl groups is 3. The Hall–Kier alpha value is -2.72. The Morgan fingerprint density at radius 2 is 1.25 bits per heavy atom. The van der Waals surface area contributed by atoms with E-state index in [4.69, 9.17) is 4.74 Å². The lowest BCUT2D eigenvalue weighted by Crippen LogP contribution is -2.45. The van der Waals surface area contributed by atoms with E-state index in [2.05, 4.69) is 104 Å². The van der Waals surface area contributed by atoms with Gasteiger partial charge in [0.2, 0.25) is 0 Å². The molecule has 2 fully saturated rings. The second-order valence-electron chi connectivity index (χ2n) is 14.9. The van der Waals surface area contributed by atoms with Crippen molar-refractivity contribution in [2.75, 3.05) is 0 Å². The lowest BCUT2D eigenvalue weighted by molar-refractivity contribution is -0.0683. The molecular weight excluding hydrogens is 544 g/mol. The number of hydrogen-bond acceptors (Lipinski definition) is 4. The maximum absolute atomic E-state index is 10.9. The lowest BCUT2D eigenvalue weighted by Gasteiger charge is -2.44. The monoisotopic (exact) mass is 600 g/mol. The van der Waals surface area contributed by atoms with Gasteiger partial charge in [-0.2, -0.15) is 0 Å². The fourth-order valence-corrected chi connectivity index (χ4v) is 7.21. The summed E-state index contributed by atoms with van der Waals surface area (Å²) in [5.41, 5.74) is 8.16. The number of hydrogen-bond donors (Lipinski definition) is 3. The number of ether oxygens (including phenoxy) is 1. The average Bonchev–Trinajstić information content (AvgIpc) is 3.22. The largest absolute Gasteiger partial charge is 0.393 e. The van der Waals surface area contributed by atoms with Crippen molar-refractivity contribution in [2.24, 2.45) is 10.8 Å². The van der Waals surface area contributed by atoms with E-state index in [0.717, 1.165) is 34.3 Å². The van der Waals surface area contributed by atoms with Gasteiger partial charge in [0.25, 0.3) is 0 Å². The maximum atomic E-state index is 10.9. The van der Waals surface area contributed by atoms with Crippen molar-refractivity contribution in [1.82, 2.24) is 0 Å². The van der Waals surface area contributed by atoms with Crippen LogP contribution in [-0.4, -0.2) is 44.8 Å². The summed E-state index contributed by atoms with van der Waals surface area (Å²) in [7, 11) is 0. The van der Waals surface area contributed by atoms with Crippen LogP contribution in [0.4, 0.5) is 0 Å². The zero-order chi connectivity index (χ0) is 32.9. The van der Waals surface area contributed by atoms with Gasteiger partial charge in [-0.3, -0.25) is 0 Å². The first-order chi connectivity index (χ1) is 20.3. The van der Waals surface area contributed by atoms with E-state index >= 15 is 0 Å². The smallest absolute Gasteiger partial charge is 0.0982 e. The SMILES string of the molecule is C\C(C=C=C1C(C)(C)C[C@H](O)C[C@@]1(C)O)=C/C=C/C(C)=C/C=C/C=C(C)/C=C/C=C(\C)[C@@H]1C=C2C(C)(C)C[C@H](O)C[C@@]2(C)O1. The second kappa shape index (κ2) is 14.1. The Bertz CT molecular complexity index is 1360. The number of aliphatic hydroxyl groups excluding tert-OH is 2. The highest BCUT2D eigenvalue weighted by Crippen LogP contribution is 2.52. The van der Waals surface area contributed by atoms with E-state index in [1.54, 1.807) is 6.92 Å². The predicted octanol–water partition coefficient (Wildman–Crippen LogP) is 8.72. The third kappa shape index (κ3) is 9.39. The van der Waals surface area contributed by atoms with Gasteiger partial charge < -0.3 is 20.1 Å². The molecule has 1 aliphatic heterocycles. The maximum Gasteiger partial charge on any atom is 0.0982 e. The molecule has 3 N–H and O–H groups in total. The molecule has 1 heterocycles. The molecule has 0 aromatic carbocycles. The van der Waals surface area contributed by atoms with Crippen LogP contribution in [0.3, 0.4) is 0 Å². The summed E-state index contributed by atoms with van der Waals surface area (Å²) >= 11 is 0. The molecule has 0 saturated heterocycles. The van der Waals surface area contributed by atoms with Gasteiger partial charge >= 0.3 is 0 Å². The van der Waals surface area contributed by atoms with E-state index in [1.807, 2.05) is 37.3 Å². The molecule has 0 aromatic heterocycles. The van der Waals surface area contributed by atoms with Crippen molar-refractivity contribution in [1.29, 1.82) is 0 Å². The third-order valence-electron chi connectivity index (χ3n) is 9.13. The van der Waals surface area contributed by atoms with Crippen LogP contribution in [0.15, 0.2) is 112 Å². The molecule has 3 rings (SSSR count). The van der Waals surface area contributed by atoms with Gasteiger partial charge in [-0.1, -0.05) is 99.6 Å². The summed E-state index contributed by atoms with van der Waals surface area (Å²) in [4.78, 5) is 0. The minimum absolute atomic E-state index is 0.0566. The van der Waals surface area contributed by atoms with E-state index in [-0.39, 0.29) is 23.0 Å². The summed E-state index contributed by atoms with van der Waals surface area (Å²) in [6.45, 7) is 20.7. The molecule has 0 radical (unpaired) electrons. The molecule has 3 aliphatic rings. The minimum Gasteiger partial charge on any atom is -0.393 e. The summed E-state index contributed by atoms with van der Waals surface area (Å²) < 4.78 is 6.46. The zero-order valence-corrected chi connectivity index (χ0v) is 28.7. The van der Waals surface area contributed by atoms with Crippen molar-refractivity contribution in [3.8, 4) is 0 Å². The van der Waals surface area contributed by atoms with Gasteiger partial charge in [-0.05, 0) is 94.1 Å². The van der Waals surface area contributed by atoms with Crippen LogP contribution in [0.25, 0.3) is 0 Å². The molecule has 44 heavy (non-hydrogen) atoms. The average molecular weight is 601 g/mol. The lowest BCUT2D eigenvalue weighted by atomic mass is 9.65. The van der Waals surface area contributed by atoms with Gasteiger partial charge in [-0.25, -0.2) is 0 Å². The van der Waals surface area contributed by atoms with Crippen molar-refractivity contribution in [3.05, 3.63) is 112 Å². The van der Waals surface area contributed by atoms with Crippen LogP contribution >= 0.6 is 0 Å². The molecule has 2 aliphatic carbocycles. The van der Waals surface area contributed by atoms with Gasteiger partial charge in [0.15, 0.2) is 0 Å². The molecule has 0 amide bonds. The molecule has 4 nitrogen and oxygen atoms in total. The Kier molecular flexibility index (Phi) is 11.5. The van der Waals surface area contributed by atoms with Crippen molar-refractivity contribution >= 4 is 0 Å². The highest BCUT2D eigenvalue weighted by molar-refractivity contribution is 5.37. The second-order valence-corrected chi connectivity index (χ2v) is 14.9. The van der Waals surface area contributed by atoms with Crippen LogP contribution < -0.4 is 0 Å². The number of allylic oxidation sites excluding steroid dienone is 13. The first kappa shape index (κ1) is 35.8. The van der Waals surface area contributed by atoms with Crippen LogP contribution in [0, 0.1) is 10.8 Å². The molecule has 0 aromatic rings. The Balaban J connectivity index is 1.56. The zero-order valence-electron chi connectivity index (χ0n) is 28.7. The van der Waals surface area contributed by atoms with Crippen LogP contribution in [-0.2, 0) is 4.74 Å². The molecule has 240 valence electrons. The fourth-order valence-electron chi connectivity index (χ4n) is 7.21.